The fourth-order valence-electron chi connectivity index (χ4n) is 2.68. The number of ether oxygens (including phenoxy) is 1. The van der Waals surface area contributed by atoms with E-state index in [2.05, 4.69) is 18.7 Å². The maximum atomic E-state index is 12.2. The predicted octanol–water partition coefficient (Wildman–Crippen LogP) is 1.80. The lowest BCUT2D eigenvalue weighted by molar-refractivity contribution is -0.131. The van der Waals surface area contributed by atoms with Gasteiger partial charge in [0.25, 0.3) is 0 Å². The summed E-state index contributed by atoms with van der Waals surface area (Å²) in [6.07, 6.45) is 2.35. The number of rotatable bonds is 8. The van der Waals surface area contributed by atoms with Crippen LogP contribution in [0.3, 0.4) is 0 Å². The molecule has 128 valence electrons. The molecule has 0 aromatic rings. The van der Waals surface area contributed by atoms with Crippen LogP contribution in [0.25, 0.3) is 0 Å². The van der Waals surface area contributed by atoms with E-state index in [1.807, 2.05) is 11.8 Å². The highest BCUT2D eigenvalue weighted by Gasteiger charge is 2.22. The molecule has 0 atom stereocenters. The molecule has 0 aliphatic carbocycles. The Morgan fingerprint density at radius 3 is 2.09 bits per heavy atom. The van der Waals surface area contributed by atoms with E-state index in [1.54, 1.807) is 4.90 Å². The Labute approximate surface area is 134 Å². The summed E-state index contributed by atoms with van der Waals surface area (Å²) in [5, 5.41) is 0. The summed E-state index contributed by atoms with van der Waals surface area (Å²) in [4.78, 5) is 29.8. The second-order valence-electron chi connectivity index (χ2n) is 5.66. The van der Waals surface area contributed by atoms with Crippen LogP contribution < -0.4 is 0 Å². The molecule has 6 nitrogen and oxygen atoms in total. The highest BCUT2D eigenvalue weighted by Crippen LogP contribution is 2.06. The molecule has 0 aromatic heterocycles. The SMILES string of the molecule is CCCN(CCC)C(=O)CCN1CCN(C(=O)OCC)CC1. The number of amides is 2. The summed E-state index contributed by atoms with van der Waals surface area (Å²) in [5.41, 5.74) is 0. The maximum Gasteiger partial charge on any atom is 0.409 e. The van der Waals surface area contributed by atoms with E-state index in [9.17, 15) is 9.59 Å². The van der Waals surface area contributed by atoms with Gasteiger partial charge in [0.2, 0.25) is 5.91 Å². The molecule has 0 unspecified atom stereocenters. The highest BCUT2D eigenvalue weighted by atomic mass is 16.6. The Bertz CT molecular complexity index is 336. The summed E-state index contributed by atoms with van der Waals surface area (Å²) in [5.74, 6) is 0.247. The van der Waals surface area contributed by atoms with Crippen LogP contribution in [0.4, 0.5) is 4.79 Å². The molecule has 1 aliphatic rings. The van der Waals surface area contributed by atoms with Crippen molar-refractivity contribution < 1.29 is 14.3 Å². The van der Waals surface area contributed by atoms with Crippen LogP contribution in [0, 0.1) is 0 Å². The van der Waals surface area contributed by atoms with Gasteiger partial charge in [-0.1, -0.05) is 13.8 Å². The van der Waals surface area contributed by atoms with Crippen molar-refractivity contribution in [2.24, 2.45) is 0 Å². The Hall–Kier alpha value is -1.30. The Balaban J connectivity index is 2.28. The molecule has 6 heteroatoms. The van der Waals surface area contributed by atoms with Crippen LogP contribution in [-0.2, 0) is 9.53 Å². The number of piperazine rings is 1. The number of hydrogen-bond acceptors (Lipinski definition) is 4. The smallest absolute Gasteiger partial charge is 0.409 e. The molecule has 0 radical (unpaired) electrons. The van der Waals surface area contributed by atoms with Crippen molar-refractivity contribution >= 4 is 12.0 Å². The van der Waals surface area contributed by atoms with E-state index >= 15 is 0 Å². The van der Waals surface area contributed by atoms with Gasteiger partial charge in [0, 0.05) is 52.2 Å². The molecule has 1 heterocycles. The van der Waals surface area contributed by atoms with Crippen molar-refractivity contribution in [3.63, 3.8) is 0 Å². The van der Waals surface area contributed by atoms with Crippen molar-refractivity contribution in [1.82, 2.24) is 14.7 Å². The van der Waals surface area contributed by atoms with Gasteiger partial charge in [0.1, 0.15) is 0 Å². The normalized spacial score (nSPS) is 15.7. The maximum absolute atomic E-state index is 12.2. The molecule has 2 amide bonds. The quantitative estimate of drug-likeness (QED) is 0.686. The fraction of sp³-hybridized carbons (Fsp3) is 0.875. The predicted molar refractivity (Wildman–Crippen MR) is 86.8 cm³/mol. The monoisotopic (exact) mass is 313 g/mol. The van der Waals surface area contributed by atoms with Crippen molar-refractivity contribution in [2.45, 2.75) is 40.0 Å². The summed E-state index contributed by atoms with van der Waals surface area (Å²) >= 11 is 0. The molecule has 0 aromatic carbocycles. The minimum atomic E-state index is -0.227. The molecule has 1 rings (SSSR count). The topological polar surface area (TPSA) is 53.1 Å². The van der Waals surface area contributed by atoms with Crippen LogP contribution in [0.1, 0.15) is 40.0 Å². The fourth-order valence-corrected chi connectivity index (χ4v) is 2.68. The van der Waals surface area contributed by atoms with E-state index in [0.717, 1.165) is 45.6 Å². The zero-order chi connectivity index (χ0) is 16.4. The average Bonchev–Trinajstić information content (AvgIpc) is 2.53. The lowest BCUT2D eigenvalue weighted by atomic mass is 10.2. The first-order valence-corrected chi connectivity index (χ1v) is 8.54. The number of carbonyl (C=O) groups excluding carboxylic acids is 2. The van der Waals surface area contributed by atoms with Crippen molar-refractivity contribution in [3.05, 3.63) is 0 Å². The molecule has 0 saturated carbocycles. The zero-order valence-corrected chi connectivity index (χ0v) is 14.3. The summed E-state index contributed by atoms with van der Waals surface area (Å²) in [7, 11) is 0. The lowest BCUT2D eigenvalue weighted by Crippen LogP contribution is -2.49. The zero-order valence-electron chi connectivity index (χ0n) is 14.3. The third-order valence-electron chi connectivity index (χ3n) is 3.88. The Kier molecular flexibility index (Phi) is 8.89. The second-order valence-corrected chi connectivity index (χ2v) is 5.66. The first-order valence-electron chi connectivity index (χ1n) is 8.54. The third kappa shape index (κ3) is 6.22. The van der Waals surface area contributed by atoms with Crippen molar-refractivity contribution in [3.8, 4) is 0 Å². The Morgan fingerprint density at radius 1 is 1.00 bits per heavy atom. The van der Waals surface area contributed by atoms with Crippen LogP contribution in [0.5, 0.6) is 0 Å². The molecule has 0 bridgehead atoms. The average molecular weight is 313 g/mol. The van der Waals surface area contributed by atoms with Crippen LogP contribution >= 0.6 is 0 Å². The van der Waals surface area contributed by atoms with Crippen LogP contribution in [-0.4, -0.2) is 79.1 Å². The molecule has 0 spiro atoms. The van der Waals surface area contributed by atoms with Gasteiger partial charge in [0.05, 0.1) is 6.61 Å². The van der Waals surface area contributed by atoms with Crippen molar-refractivity contribution in [2.75, 3.05) is 52.4 Å². The van der Waals surface area contributed by atoms with E-state index in [4.69, 9.17) is 4.74 Å². The van der Waals surface area contributed by atoms with Gasteiger partial charge in [0.15, 0.2) is 0 Å². The largest absolute Gasteiger partial charge is 0.450 e. The van der Waals surface area contributed by atoms with Gasteiger partial charge in [-0.15, -0.1) is 0 Å². The lowest BCUT2D eigenvalue weighted by Gasteiger charge is -2.34. The van der Waals surface area contributed by atoms with Gasteiger partial charge in [-0.05, 0) is 19.8 Å². The minimum absolute atomic E-state index is 0.227. The molecular weight excluding hydrogens is 282 g/mol. The molecule has 1 fully saturated rings. The van der Waals surface area contributed by atoms with E-state index < -0.39 is 0 Å². The molecule has 1 aliphatic heterocycles. The molecule has 1 saturated heterocycles. The first-order chi connectivity index (χ1) is 10.6. The minimum Gasteiger partial charge on any atom is -0.450 e. The van der Waals surface area contributed by atoms with Gasteiger partial charge in [-0.3, -0.25) is 9.69 Å². The van der Waals surface area contributed by atoms with Crippen LogP contribution in [0.15, 0.2) is 0 Å². The first kappa shape index (κ1) is 18.7. The number of carbonyl (C=O) groups is 2. The standard InChI is InChI=1S/C16H31N3O3/c1-4-8-18(9-5-2)15(20)7-10-17-11-13-19(14-12-17)16(21)22-6-3/h4-14H2,1-3H3. The summed E-state index contributed by atoms with van der Waals surface area (Å²) in [6, 6.07) is 0. The van der Waals surface area contributed by atoms with Crippen molar-refractivity contribution in [1.29, 1.82) is 0 Å². The van der Waals surface area contributed by atoms with E-state index in [-0.39, 0.29) is 12.0 Å². The van der Waals surface area contributed by atoms with Gasteiger partial charge >= 0.3 is 6.09 Å². The third-order valence-corrected chi connectivity index (χ3v) is 3.88. The summed E-state index contributed by atoms with van der Waals surface area (Å²) in [6.45, 7) is 11.9. The second kappa shape index (κ2) is 10.4. The van der Waals surface area contributed by atoms with E-state index in [0.29, 0.717) is 26.1 Å². The van der Waals surface area contributed by atoms with Gasteiger partial charge in [-0.25, -0.2) is 4.79 Å². The molecular formula is C16H31N3O3. The van der Waals surface area contributed by atoms with Crippen LogP contribution in [0.2, 0.25) is 0 Å². The number of hydrogen-bond donors (Lipinski definition) is 0. The van der Waals surface area contributed by atoms with E-state index in [1.165, 1.54) is 0 Å². The number of nitrogens with zero attached hydrogens (tertiary/aromatic N) is 3. The molecule has 22 heavy (non-hydrogen) atoms. The van der Waals surface area contributed by atoms with Gasteiger partial charge in [-0.2, -0.15) is 0 Å². The highest BCUT2D eigenvalue weighted by molar-refractivity contribution is 5.76. The summed E-state index contributed by atoms with van der Waals surface area (Å²) < 4.78 is 5.01. The van der Waals surface area contributed by atoms with Gasteiger partial charge < -0.3 is 14.5 Å². The Morgan fingerprint density at radius 2 is 1.59 bits per heavy atom. The molecule has 0 N–H and O–H groups in total.